The summed E-state index contributed by atoms with van der Waals surface area (Å²) in [6.45, 7) is 4.82. The lowest BCUT2D eigenvalue weighted by Crippen LogP contribution is -2.36. The van der Waals surface area contributed by atoms with E-state index in [4.69, 9.17) is 15.5 Å². The van der Waals surface area contributed by atoms with Gasteiger partial charge in [0.1, 0.15) is 11.6 Å². The van der Waals surface area contributed by atoms with Crippen LogP contribution < -0.4 is 15.8 Å². The Balaban J connectivity index is 1.82. The van der Waals surface area contributed by atoms with Gasteiger partial charge in [0.25, 0.3) is 0 Å². The van der Waals surface area contributed by atoms with Crippen molar-refractivity contribution in [2.45, 2.75) is 32.9 Å². The van der Waals surface area contributed by atoms with Gasteiger partial charge >= 0.3 is 0 Å². The predicted molar refractivity (Wildman–Crippen MR) is 91.5 cm³/mol. The number of nitrogens with two attached hydrogens (primary N) is 1. The summed E-state index contributed by atoms with van der Waals surface area (Å²) in [5.41, 5.74) is 9.87. The lowest BCUT2D eigenvalue weighted by molar-refractivity contribution is 0.258. The van der Waals surface area contributed by atoms with Crippen molar-refractivity contribution in [3.63, 3.8) is 0 Å². The molecule has 0 fully saturated rings. The molecule has 2 aromatic carbocycles. The number of nitrogen functional groups attached to an aromatic ring is 1. The summed E-state index contributed by atoms with van der Waals surface area (Å²) >= 11 is 0. The summed E-state index contributed by atoms with van der Waals surface area (Å²) in [6, 6.07) is 14.1. The molecule has 1 aliphatic heterocycles. The molecule has 0 saturated heterocycles. The number of ether oxygens (including phenoxy) is 1. The van der Waals surface area contributed by atoms with E-state index in [1.54, 1.807) is 0 Å². The van der Waals surface area contributed by atoms with Crippen molar-refractivity contribution in [1.29, 1.82) is 0 Å². The van der Waals surface area contributed by atoms with E-state index in [1.807, 2.05) is 18.2 Å². The van der Waals surface area contributed by atoms with Gasteiger partial charge in [0, 0.05) is 5.69 Å². The van der Waals surface area contributed by atoms with Crippen molar-refractivity contribution >= 4 is 17.2 Å². The Bertz CT molecular complexity index is 692. The molecular formula is C18H21N3O. The highest BCUT2D eigenvalue weighted by atomic mass is 16.5. The number of nitrogens with zero attached hydrogens (tertiary/aromatic N) is 1. The number of fused-ring (bicyclic) bond motifs is 1. The summed E-state index contributed by atoms with van der Waals surface area (Å²) in [4.78, 5) is 4.70. The highest BCUT2D eigenvalue weighted by Crippen LogP contribution is 2.32. The third-order valence-corrected chi connectivity index (χ3v) is 3.76. The van der Waals surface area contributed by atoms with E-state index in [0.29, 0.717) is 12.2 Å². The third-order valence-electron chi connectivity index (χ3n) is 3.76. The minimum atomic E-state index is -0.0402. The molecule has 114 valence electrons. The molecule has 0 bridgehead atoms. The second kappa shape index (κ2) is 6.10. The Kier molecular flexibility index (Phi) is 4.00. The zero-order chi connectivity index (χ0) is 15.5. The van der Waals surface area contributed by atoms with Crippen LogP contribution in [0.1, 0.15) is 24.5 Å². The topological polar surface area (TPSA) is 59.6 Å². The molecule has 0 aliphatic carbocycles. The highest BCUT2D eigenvalue weighted by molar-refractivity contribution is 6.02. The standard InChI is InChI=1S/C18H21N3O/c1-3-16-18(20-11-13-6-4-12(2)5-7-13)21-15-10-14(19)8-9-17(15)22-16/h4-10,16H,3,11,19H2,1-2H3,(H,20,21). The zero-order valence-corrected chi connectivity index (χ0v) is 13.0. The van der Waals surface area contributed by atoms with Crippen LogP contribution in [0, 0.1) is 6.92 Å². The average Bonchev–Trinajstić information content (AvgIpc) is 2.53. The summed E-state index contributed by atoms with van der Waals surface area (Å²) in [5, 5.41) is 3.37. The number of hydrogen-bond donors (Lipinski definition) is 2. The predicted octanol–water partition coefficient (Wildman–Crippen LogP) is 3.76. The molecule has 4 nitrogen and oxygen atoms in total. The highest BCUT2D eigenvalue weighted by Gasteiger charge is 2.24. The molecule has 3 N–H and O–H groups in total. The Morgan fingerprint density at radius 1 is 1.18 bits per heavy atom. The van der Waals surface area contributed by atoms with Gasteiger partial charge < -0.3 is 15.8 Å². The molecule has 0 radical (unpaired) electrons. The molecule has 2 aromatic rings. The Morgan fingerprint density at radius 3 is 2.68 bits per heavy atom. The van der Waals surface area contributed by atoms with Crippen LogP contribution in [0.2, 0.25) is 0 Å². The molecule has 3 rings (SSSR count). The first-order chi connectivity index (χ1) is 10.7. The van der Waals surface area contributed by atoms with Gasteiger partial charge in [0.2, 0.25) is 0 Å². The van der Waals surface area contributed by atoms with Crippen LogP contribution >= 0.6 is 0 Å². The molecule has 0 spiro atoms. The van der Waals surface area contributed by atoms with Crippen LogP contribution in [0.15, 0.2) is 47.5 Å². The van der Waals surface area contributed by atoms with Crippen LogP contribution in [-0.4, -0.2) is 11.9 Å². The first-order valence-corrected chi connectivity index (χ1v) is 7.59. The van der Waals surface area contributed by atoms with Gasteiger partial charge in [-0.2, -0.15) is 0 Å². The van der Waals surface area contributed by atoms with E-state index >= 15 is 0 Å². The molecule has 1 heterocycles. The van der Waals surface area contributed by atoms with E-state index in [2.05, 4.69) is 43.4 Å². The van der Waals surface area contributed by atoms with Crippen molar-refractivity contribution in [2.75, 3.05) is 11.1 Å². The van der Waals surface area contributed by atoms with Gasteiger partial charge in [-0.3, -0.25) is 4.99 Å². The fraction of sp³-hybridized carbons (Fsp3) is 0.278. The maximum Gasteiger partial charge on any atom is 0.155 e. The second-order valence-electron chi connectivity index (χ2n) is 5.58. The minimum absolute atomic E-state index is 0.0402. The van der Waals surface area contributed by atoms with Crippen LogP contribution in [0.4, 0.5) is 11.4 Å². The lowest BCUT2D eigenvalue weighted by Gasteiger charge is -2.28. The minimum Gasteiger partial charge on any atom is -0.480 e. The Morgan fingerprint density at radius 2 is 1.95 bits per heavy atom. The van der Waals surface area contributed by atoms with Gasteiger partial charge in [-0.25, -0.2) is 0 Å². The monoisotopic (exact) mass is 295 g/mol. The van der Waals surface area contributed by atoms with Gasteiger partial charge in [-0.15, -0.1) is 0 Å². The fourth-order valence-corrected chi connectivity index (χ4v) is 2.46. The van der Waals surface area contributed by atoms with Crippen molar-refractivity contribution < 1.29 is 4.74 Å². The van der Waals surface area contributed by atoms with Crippen molar-refractivity contribution in [3.8, 4) is 5.75 Å². The molecule has 22 heavy (non-hydrogen) atoms. The summed E-state index contributed by atoms with van der Waals surface area (Å²) in [6.07, 6.45) is 0.824. The number of aliphatic imine (C=N–C) groups is 1. The number of rotatable bonds is 3. The van der Waals surface area contributed by atoms with Crippen molar-refractivity contribution in [3.05, 3.63) is 53.6 Å². The van der Waals surface area contributed by atoms with E-state index in [-0.39, 0.29) is 6.10 Å². The van der Waals surface area contributed by atoms with E-state index in [0.717, 1.165) is 23.7 Å². The Labute approximate surface area is 131 Å². The summed E-state index contributed by atoms with van der Waals surface area (Å²) < 4.78 is 6.01. The normalized spacial score (nSPS) is 18.5. The third kappa shape index (κ3) is 3.06. The molecule has 1 atom stereocenters. The molecule has 0 saturated carbocycles. The van der Waals surface area contributed by atoms with E-state index in [9.17, 15) is 0 Å². The van der Waals surface area contributed by atoms with Crippen LogP contribution in [0.25, 0.3) is 0 Å². The molecule has 0 aromatic heterocycles. The van der Waals surface area contributed by atoms with Gasteiger partial charge in [-0.05, 0) is 37.1 Å². The largest absolute Gasteiger partial charge is 0.480 e. The first-order valence-electron chi connectivity index (χ1n) is 7.59. The first kappa shape index (κ1) is 14.4. The SMILES string of the molecule is CCC1Oc2ccc(N)cc2NC1=NCc1ccc(C)cc1. The second-order valence-corrected chi connectivity index (χ2v) is 5.58. The van der Waals surface area contributed by atoms with Gasteiger partial charge in [0.15, 0.2) is 6.10 Å². The smallest absolute Gasteiger partial charge is 0.155 e. The lowest BCUT2D eigenvalue weighted by atomic mass is 10.1. The molecule has 1 aliphatic rings. The molecule has 0 amide bonds. The quantitative estimate of drug-likeness (QED) is 0.848. The number of benzene rings is 2. The number of aryl methyl sites for hydroxylation is 1. The molecular weight excluding hydrogens is 274 g/mol. The molecule has 1 unspecified atom stereocenters. The Hall–Kier alpha value is -2.49. The number of amidine groups is 1. The summed E-state index contributed by atoms with van der Waals surface area (Å²) in [7, 11) is 0. The maximum absolute atomic E-state index is 6.01. The van der Waals surface area contributed by atoms with Crippen molar-refractivity contribution in [2.24, 2.45) is 4.99 Å². The van der Waals surface area contributed by atoms with E-state index in [1.165, 1.54) is 11.1 Å². The van der Waals surface area contributed by atoms with Crippen LogP contribution in [0.5, 0.6) is 5.75 Å². The zero-order valence-electron chi connectivity index (χ0n) is 13.0. The number of nitrogens with one attached hydrogen (secondary N) is 1. The summed E-state index contributed by atoms with van der Waals surface area (Å²) in [5.74, 6) is 1.69. The maximum atomic E-state index is 6.01. The van der Waals surface area contributed by atoms with Gasteiger partial charge in [0.05, 0.1) is 12.2 Å². The molecule has 4 heteroatoms. The van der Waals surface area contributed by atoms with Gasteiger partial charge in [-0.1, -0.05) is 36.8 Å². The average molecular weight is 295 g/mol. The van der Waals surface area contributed by atoms with Crippen LogP contribution in [-0.2, 0) is 6.54 Å². The fourth-order valence-electron chi connectivity index (χ4n) is 2.46. The number of hydrogen-bond acceptors (Lipinski definition) is 3. The number of anilines is 2. The van der Waals surface area contributed by atoms with Crippen molar-refractivity contribution in [1.82, 2.24) is 0 Å². The van der Waals surface area contributed by atoms with Crippen LogP contribution in [0.3, 0.4) is 0 Å². The van der Waals surface area contributed by atoms with E-state index < -0.39 is 0 Å².